The van der Waals surface area contributed by atoms with Gasteiger partial charge in [0.15, 0.2) is 11.8 Å². The van der Waals surface area contributed by atoms with Crippen molar-refractivity contribution in [3.05, 3.63) is 71.4 Å². The molecular weight excluding hydrogens is 410 g/mol. The first kappa shape index (κ1) is 22.7. The molecule has 3 amide bonds. The van der Waals surface area contributed by atoms with Crippen LogP contribution >= 0.6 is 0 Å². The molecule has 0 saturated carbocycles. The lowest BCUT2D eigenvalue weighted by molar-refractivity contribution is -0.138. The maximum absolute atomic E-state index is 12.7. The van der Waals surface area contributed by atoms with Gasteiger partial charge in [-0.05, 0) is 36.1 Å². The number of hydrogen-bond acceptors (Lipinski definition) is 4. The highest BCUT2D eigenvalue weighted by molar-refractivity contribution is 6.16. The minimum absolute atomic E-state index is 0.339. The van der Waals surface area contributed by atoms with Gasteiger partial charge in [-0.3, -0.25) is 14.4 Å². The van der Waals surface area contributed by atoms with Crippen LogP contribution in [0.4, 0.5) is 4.79 Å². The topological polar surface area (TPSA) is 116 Å². The van der Waals surface area contributed by atoms with E-state index in [1.165, 1.54) is 18.1 Å². The van der Waals surface area contributed by atoms with E-state index in [0.717, 1.165) is 16.7 Å². The number of hydrogen-bond donors (Lipinski definition) is 3. The monoisotopic (exact) mass is 435 g/mol. The lowest BCUT2D eigenvalue weighted by Crippen LogP contribution is -2.56. The maximum Gasteiger partial charge on any atom is 0.316 e. The highest BCUT2D eigenvalue weighted by Gasteiger charge is 2.35. The molecule has 1 aliphatic rings. The third-order valence-electron chi connectivity index (χ3n) is 5.43. The van der Waals surface area contributed by atoms with Crippen molar-refractivity contribution in [3.8, 4) is 11.1 Å². The largest absolute Gasteiger partial charge is 0.481 e. The number of nitrogens with zero attached hydrogens (tertiary/aromatic N) is 1. The molecule has 3 N–H and O–H groups in total. The van der Waals surface area contributed by atoms with Gasteiger partial charge in [0, 0.05) is 18.8 Å². The number of carboxylic acids is 1. The van der Waals surface area contributed by atoms with Crippen LogP contribution in [0.1, 0.15) is 30.5 Å². The van der Waals surface area contributed by atoms with Gasteiger partial charge < -0.3 is 20.6 Å². The summed E-state index contributed by atoms with van der Waals surface area (Å²) in [5.41, 5.74) is 3.69. The van der Waals surface area contributed by atoms with E-state index in [4.69, 9.17) is 0 Å². The summed E-state index contributed by atoms with van der Waals surface area (Å²) in [7, 11) is 1.50. The SMILES string of the molecule is CC1=CN(C)C(=O)C(NC(=O)N[C@@H](CC(=O)O)c2cccc(-c3ccccc3)c2C)C1=O. The molecule has 32 heavy (non-hydrogen) atoms. The Morgan fingerprint density at radius 1 is 1.06 bits per heavy atom. The van der Waals surface area contributed by atoms with E-state index < -0.39 is 35.8 Å². The molecule has 1 aliphatic heterocycles. The predicted octanol–water partition coefficient (Wildman–Crippen LogP) is 2.79. The van der Waals surface area contributed by atoms with Gasteiger partial charge >= 0.3 is 12.0 Å². The van der Waals surface area contributed by atoms with Gasteiger partial charge in [0.2, 0.25) is 0 Å². The Balaban J connectivity index is 1.86. The summed E-state index contributed by atoms with van der Waals surface area (Å²) in [4.78, 5) is 50.1. The molecule has 2 aromatic carbocycles. The third kappa shape index (κ3) is 4.85. The predicted molar refractivity (Wildman–Crippen MR) is 119 cm³/mol. The summed E-state index contributed by atoms with van der Waals surface area (Å²) >= 11 is 0. The van der Waals surface area contributed by atoms with Gasteiger partial charge in [-0.1, -0.05) is 48.5 Å². The van der Waals surface area contributed by atoms with Crippen molar-refractivity contribution in [2.45, 2.75) is 32.4 Å². The second-order valence-electron chi connectivity index (χ2n) is 7.71. The van der Waals surface area contributed by atoms with Crippen LogP contribution in [0.2, 0.25) is 0 Å². The summed E-state index contributed by atoms with van der Waals surface area (Å²) in [5, 5.41) is 14.4. The Hall–Kier alpha value is -3.94. The standard InChI is InChI=1S/C24H25N3O5/c1-14-13-27(3)23(31)21(22(14)30)26-24(32)25-19(12-20(28)29)18-11-7-10-17(15(18)2)16-8-5-4-6-9-16/h4-11,13,19,21H,12H2,1-3H3,(H,28,29)(H2,25,26,32)/t19-,21?/m0/s1. The number of rotatable bonds is 6. The smallest absolute Gasteiger partial charge is 0.316 e. The normalized spacial score (nSPS) is 16.9. The number of likely N-dealkylation sites (N-methyl/N-ethyl adjacent to an activating group) is 1. The van der Waals surface area contributed by atoms with Gasteiger partial charge in [-0.15, -0.1) is 0 Å². The van der Waals surface area contributed by atoms with E-state index in [0.29, 0.717) is 11.1 Å². The summed E-state index contributed by atoms with van der Waals surface area (Å²) in [6.07, 6.45) is 1.05. The van der Waals surface area contributed by atoms with Crippen LogP contribution < -0.4 is 10.6 Å². The fourth-order valence-corrected chi connectivity index (χ4v) is 3.79. The number of ketones is 1. The van der Waals surface area contributed by atoms with Crippen molar-refractivity contribution < 1.29 is 24.3 Å². The van der Waals surface area contributed by atoms with Crippen LogP contribution in [0.25, 0.3) is 11.1 Å². The van der Waals surface area contributed by atoms with E-state index in [-0.39, 0.29) is 6.42 Å². The van der Waals surface area contributed by atoms with Crippen LogP contribution in [0.15, 0.2) is 60.3 Å². The van der Waals surface area contributed by atoms with E-state index >= 15 is 0 Å². The number of aliphatic carboxylic acids is 1. The Bertz CT molecular complexity index is 1090. The Labute approximate surface area is 185 Å². The maximum atomic E-state index is 12.7. The van der Waals surface area contributed by atoms with E-state index in [1.54, 1.807) is 19.1 Å². The average molecular weight is 435 g/mol. The lowest BCUT2D eigenvalue weighted by atomic mass is 9.91. The molecule has 8 heteroatoms. The molecule has 1 unspecified atom stereocenters. The van der Waals surface area contributed by atoms with Crippen LogP contribution in [0.5, 0.6) is 0 Å². The molecular formula is C24H25N3O5. The lowest BCUT2D eigenvalue weighted by Gasteiger charge is -2.27. The van der Waals surface area contributed by atoms with Gasteiger partial charge in [0.1, 0.15) is 0 Å². The molecule has 8 nitrogen and oxygen atoms in total. The molecule has 1 heterocycles. The number of benzene rings is 2. The second kappa shape index (κ2) is 9.47. The van der Waals surface area contributed by atoms with Gasteiger partial charge in [-0.25, -0.2) is 4.79 Å². The van der Waals surface area contributed by atoms with Crippen molar-refractivity contribution in [2.75, 3.05) is 7.05 Å². The van der Waals surface area contributed by atoms with Gasteiger partial charge in [-0.2, -0.15) is 0 Å². The van der Waals surface area contributed by atoms with Crippen molar-refractivity contribution in [1.29, 1.82) is 0 Å². The number of nitrogens with one attached hydrogen (secondary N) is 2. The molecule has 0 aromatic heterocycles. The number of carbonyl (C=O) groups is 4. The highest BCUT2D eigenvalue weighted by atomic mass is 16.4. The minimum atomic E-state index is -1.35. The molecule has 0 aliphatic carbocycles. The van der Waals surface area contributed by atoms with Crippen LogP contribution in [-0.2, 0) is 14.4 Å². The van der Waals surface area contributed by atoms with Crippen LogP contribution in [0, 0.1) is 6.92 Å². The van der Waals surface area contributed by atoms with E-state index in [1.807, 2.05) is 43.3 Å². The first-order valence-electron chi connectivity index (χ1n) is 10.1. The summed E-state index contributed by atoms with van der Waals surface area (Å²) < 4.78 is 0. The van der Waals surface area contributed by atoms with Gasteiger partial charge in [0.05, 0.1) is 12.5 Å². The Kier molecular flexibility index (Phi) is 6.73. The molecule has 0 fully saturated rings. The van der Waals surface area contributed by atoms with Gasteiger partial charge in [0.25, 0.3) is 5.91 Å². The fourth-order valence-electron chi connectivity index (χ4n) is 3.79. The van der Waals surface area contributed by atoms with E-state index in [2.05, 4.69) is 10.6 Å². The zero-order valence-electron chi connectivity index (χ0n) is 18.1. The number of urea groups is 1. The van der Waals surface area contributed by atoms with Crippen molar-refractivity contribution >= 4 is 23.7 Å². The van der Waals surface area contributed by atoms with Crippen LogP contribution in [-0.4, -0.2) is 46.8 Å². The zero-order chi connectivity index (χ0) is 23.4. The molecule has 0 spiro atoms. The third-order valence-corrected chi connectivity index (χ3v) is 5.43. The molecule has 166 valence electrons. The fraction of sp³-hybridized carbons (Fsp3) is 0.250. The summed E-state index contributed by atoms with van der Waals surface area (Å²) in [6, 6.07) is 12.1. The second-order valence-corrected chi connectivity index (χ2v) is 7.71. The van der Waals surface area contributed by atoms with Crippen LogP contribution in [0.3, 0.4) is 0 Å². The van der Waals surface area contributed by atoms with Crippen molar-refractivity contribution in [1.82, 2.24) is 15.5 Å². The van der Waals surface area contributed by atoms with Crippen molar-refractivity contribution in [3.63, 3.8) is 0 Å². The minimum Gasteiger partial charge on any atom is -0.481 e. The number of carboxylic acid groups (broad SMARTS) is 1. The molecule has 0 radical (unpaired) electrons. The van der Waals surface area contributed by atoms with E-state index in [9.17, 15) is 24.3 Å². The Morgan fingerprint density at radius 2 is 1.75 bits per heavy atom. The summed E-state index contributed by atoms with van der Waals surface area (Å²) in [5.74, 6) is -2.16. The molecule has 2 atom stereocenters. The summed E-state index contributed by atoms with van der Waals surface area (Å²) in [6.45, 7) is 3.42. The number of amides is 3. The number of Topliss-reactive ketones (excluding diaryl/α,β-unsaturated/α-hetero) is 1. The molecule has 3 rings (SSSR count). The highest BCUT2D eigenvalue weighted by Crippen LogP contribution is 2.30. The quantitative estimate of drug-likeness (QED) is 0.604. The zero-order valence-corrected chi connectivity index (χ0v) is 18.1. The molecule has 2 aromatic rings. The molecule has 0 saturated heterocycles. The number of carbonyl (C=O) groups excluding carboxylic acids is 3. The first-order chi connectivity index (χ1) is 15.2. The average Bonchev–Trinajstić information content (AvgIpc) is 2.75. The molecule has 0 bridgehead atoms. The van der Waals surface area contributed by atoms with Crippen molar-refractivity contribution in [2.24, 2.45) is 0 Å². The Morgan fingerprint density at radius 3 is 2.41 bits per heavy atom. The first-order valence-corrected chi connectivity index (χ1v) is 10.1.